The molecule has 2 bridgehead atoms. The molecule has 0 aliphatic carbocycles. The molecule has 2 heterocycles. The Morgan fingerprint density at radius 2 is 1.76 bits per heavy atom. The first-order valence-corrected chi connectivity index (χ1v) is 9.01. The largest absolute Gasteiger partial charge is 0.388 e. The van der Waals surface area contributed by atoms with Gasteiger partial charge in [-0.25, -0.2) is 4.39 Å². The first kappa shape index (κ1) is 16.1. The lowest BCUT2D eigenvalue weighted by Crippen LogP contribution is -2.46. The molecular formula is C21H23FN2O. The molecule has 2 fully saturated rings. The highest BCUT2D eigenvalue weighted by molar-refractivity contribution is 5.95. The average Bonchev–Trinajstić information content (AvgIpc) is 2.91. The molecule has 130 valence electrons. The third kappa shape index (κ3) is 3.01. The fraction of sp³-hybridized carbons (Fsp3) is 0.381. The lowest BCUT2D eigenvalue weighted by Gasteiger charge is -2.39. The third-order valence-corrected chi connectivity index (χ3v) is 5.71. The molecule has 25 heavy (non-hydrogen) atoms. The fourth-order valence-corrected chi connectivity index (χ4v) is 4.47. The van der Waals surface area contributed by atoms with Crippen LogP contribution in [0, 0.1) is 5.82 Å². The number of nitrogens with zero attached hydrogens (tertiary/aromatic N) is 1. The van der Waals surface area contributed by atoms with Gasteiger partial charge in [-0.15, -0.1) is 0 Å². The van der Waals surface area contributed by atoms with Gasteiger partial charge in [-0.3, -0.25) is 4.79 Å². The van der Waals surface area contributed by atoms with Crippen molar-refractivity contribution in [1.29, 1.82) is 0 Å². The molecule has 2 aromatic carbocycles. The predicted molar refractivity (Wildman–Crippen MR) is 97.3 cm³/mol. The first-order chi connectivity index (χ1) is 12.2. The molecule has 3 nitrogen and oxygen atoms in total. The van der Waals surface area contributed by atoms with E-state index in [2.05, 4.69) is 10.2 Å². The predicted octanol–water partition coefficient (Wildman–Crippen LogP) is 4.42. The summed E-state index contributed by atoms with van der Waals surface area (Å²) in [6.45, 7) is 0. The number of nitrogens with one attached hydrogen (secondary N) is 1. The van der Waals surface area contributed by atoms with Gasteiger partial charge in [0.05, 0.1) is 0 Å². The number of hydrogen-bond donors (Lipinski definition) is 1. The highest BCUT2D eigenvalue weighted by Crippen LogP contribution is 2.43. The molecule has 0 aromatic heterocycles. The summed E-state index contributed by atoms with van der Waals surface area (Å²) >= 11 is 0. The summed E-state index contributed by atoms with van der Waals surface area (Å²) in [7, 11) is 1.86. The van der Waals surface area contributed by atoms with Gasteiger partial charge < -0.3 is 10.2 Å². The number of halogens is 1. The second kappa shape index (κ2) is 6.51. The van der Waals surface area contributed by atoms with E-state index in [9.17, 15) is 9.18 Å². The van der Waals surface area contributed by atoms with Crippen molar-refractivity contribution in [1.82, 2.24) is 4.90 Å². The van der Waals surface area contributed by atoms with Crippen LogP contribution in [0.3, 0.4) is 0 Å². The number of anilines is 1. The number of benzene rings is 2. The van der Waals surface area contributed by atoms with Crippen molar-refractivity contribution in [3.63, 3.8) is 0 Å². The lowest BCUT2D eigenvalue weighted by molar-refractivity contribution is 0.0571. The van der Waals surface area contributed by atoms with Crippen LogP contribution in [0.1, 0.15) is 47.5 Å². The number of hydrogen-bond acceptors (Lipinski definition) is 2. The Labute approximate surface area is 147 Å². The molecule has 1 N–H and O–H groups in total. The maximum Gasteiger partial charge on any atom is 0.254 e. The number of piperidine rings is 1. The SMILES string of the molecule is CNc1cccc(C(=O)N2C3CCC2CC(c2ccc(F)cc2)C3)c1. The number of rotatable bonds is 3. The van der Waals surface area contributed by atoms with Crippen molar-refractivity contribution in [2.24, 2.45) is 0 Å². The highest BCUT2D eigenvalue weighted by atomic mass is 19.1. The Kier molecular flexibility index (Phi) is 4.20. The molecule has 2 aromatic rings. The zero-order valence-corrected chi connectivity index (χ0v) is 14.4. The molecule has 2 saturated heterocycles. The van der Waals surface area contributed by atoms with E-state index in [1.165, 1.54) is 17.7 Å². The molecule has 0 saturated carbocycles. The van der Waals surface area contributed by atoms with Gasteiger partial charge in [0.15, 0.2) is 0 Å². The molecule has 2 atom stereocenters. The van der Waals surface area contributed by atoms with Gasteiger partial charge >= 0.3 is 0 Å². The second-order valence-electron chi connectivity index (χ2n) is 7.15. The van der Waals surface area contributed by atoms with Gasteiger partial charge in [0.25, 0.3) is 5.91 Å². The molecule has 2 unspecified atom stereocenters. The summed E-state index contributed by atoms with van der Waals surface area (Å²) in [6.07, 6.45) is 4.08. The van der Waals surface area contributed by atoms with E-state index in [1.54, 1.807) is 0 Å². The Balaban J connectivity index is 1.54. The van der Waals surface area contributed by atoms with Crippen LogP contribution < -0.4 is 5.32 Å². The quantitative estimate of drug-likeness (QED) is 0.898. The molecule has 0 radical (unpaired) electrons. The Morgan fingerprint density at radius 3 is 2.40 bits per heavy atom. The van der Waals surface area contributed by atoms with Gasteiger partial charge in [0, 0.05) is 30.4 Å². The van der Waals surface area contributed by atoms with Crippen LogP contribution in [0.15, 0.2) is 48.5 Å². The van der Waals surface area contributed by atoms with E-state index in [-0.39, 0.29) is 11.7 Å². The smallest absolute Gasteiger partial charge is 0.254 e. The molecule has 1 amide bonds. The molecule has 0 spiro atoms. The van der Waals surface area contributed by atoms with Crippen molar-refractivity contribution in [3.8, 4) is 0 Å². The van der Waals surface area contributed by atoms with Crippen LogP contribution in [0.2, 0.25) is 0 Å². The summed E-state index contributed by atoms with van der Waals surface area (Å²) in [6, 6.07) is 15.2. The van der Waals surface area contributed by atoms with Crippen LogP contribution in [0.25, 0.3) is 0 Å². The molecule has 4 rings (SSSR count). The van der Waals surface area contributed by atoms with Gasteiger partial charge in [-0.1, -0.05) is 18.2 Å². The summed E-state index contributed by atoms with van der Waals surface area (Å²) in [5.41, 5.74) is 2.91. The van der Waals surface area contributed by atoms with Crippen molar-refractivity contribution in [2.75, 3.05) is 12.4 Å². The minimum absolute atomic E-state index is 0.141. The van der Waals surface area contributed by atoms with Crippen LogP contribution >= 0.6 is 0 Å². The summed E-state index contributed by atoms with van der Waals surface area (Å²) in [5.74, 6) is 0.372. The molecule has 2 aliphatic heterocycles. The Bertz CT molecular complexity index is 760. The number of carbonyl (C=O) groups is 1. The van der Waals surface area contributed by atoms with E-state index < -0.39 is 0 Å². The van der Waals surface area contributed by atoms with Gasteiger partial charge in [0.1, 0.15) is 5.82 Å². The number of amides is 1. The summed E-state index contributed by atoms with van der Waals surface area (Å²) < 4.78 is 13.2. The first-order valence-electron chi connectivity index (χ1n) is 9.01. The van der Waals surface area contributed by atoms with Gasteiger partial charge in [-0.2, -0.15) is 0 Å². The van der Waals surface area contributed by atoms with E-state index in [0.717, 1.165) is 36.9 Å². The number of fused-ring (bicyclic) bond motifs is 2. The van der Waals surface area contributed by atoms with Crippen molar-refractivity contribution in [3.05, 3.63) is 65.5 Å². The Morgan fingerprint density at radius 1 is 1.08 bits per heavy atom. The van der Waals surface area contributed by atoms with Crippen LogP contribution in [-0.2, 0) is 0 Å². The van der Waals surface area contributed by atoms with Gasteiger partial charge in [-0.05, 0) is 67.5 Å². The summed E-state index contributed by atoms with van der Waals surface area (Å²) in [4.78, 5) is 15.2. The average molecular weight is 338 g/mol. The fourth-order valence-electron chi connectivity index (χ4n) is 4.47. The van der Waals surface area contributed by atoms with E-state index in [1.807, 2.05) is 43.4 Å². The van der Waals surface area contributed by atoms with E-state index in [0.29, 0.717) is 18.0 Å². The highest BCUT2D eigenvalue weighted by Gasteiger charge is 2.43. The maximum absolute atomic E-state index is 13.2. The topological polar surface area (TPSA) is 32.3 Å². The normalized spacial score (nSPS) is 25.0. The van der Waals surface area contributed by atoms with Crippen LogP contribution in [0.4, 0.5) is 10.1 Å². The summed E-state index contributed by atoms with van der Waals surface area (Å²) in [5, 5.41) is 3.09. The van der Waals surface area contributed by atoms with Crippen LogP contribution in [0.5, 0.6) is 0 Å². The van der Waals surface area contributed by atoms with Crippen molar-refractivity contribution in [2.45, 2.75) is 43.7 Å². The standard InChI is InChI=1S/C21H23FN2O/c1-23-18-4-2-3-15(11-18)21(25)24-19-9-10-20(24)13-16(12-19)14-5-7-17(22)8-6-14/h2-8,11,16,19-20,23H,9-10,12-13H2,1H3. The van der Waals surface area contributed by atoms with Crippen LogP contribution in [-0.4, -0.2) is 29.9 Å². The second-order valence-corrected chi connectivity index (χ2v) is 7.15. The maximum atomic E-state index is 13.2. The minimum Gasteiger partial charge on any atom is -0.388 e. The molecule has 4 heteroatoms. The Hall–Kier alpha value is -2.36. The lowest BCUT2D eigenvalue weighted by atomic mass is 9.85. The number of carbonyl (C=O) groups excluding carboxylic acids is 1. The minimum atomic E-state index is -0.191. The van der Waals surface area contributed by atoms with Crippen molar-refractivity contribution >= 4 is 11.6 Å². The van der Waals surface area contributed by atoms with E-state index >= 15 is 0 Å². The molecular weight excluding hydrogens is 315 g/mol. The third-order valence-electron chi connectivity index (χ3n) is 5.71. The van der Waals surface area contributed by atoms with Gasteiger partial charge in [0.2, 0.25) is 0 Å². The zero-order chi connectivity index (χ0) is 17.4. The van der Waals surface area contributed by atoms with E-state index in [4.69, 9.17) is 0 Å². The zero-order valence-electron chi connectivity index (χ0n) is 14.4. The van der Waals surface area contributed by atoms with Crippen molar-refractivity contribution < 1.29 is 9.18 Å². The monoisotopic (exact) mass is 338 g/mol. The molecule has 2 aliphatic rings.